The topological polar surface area (TPSA) is 57.2 Å². The predicted octanol–water partition coefficient (Wildman–Crippen LogP) is 3.87. The largest absolute Gasteiger partial charge is 0.493 e. The molecule has 0 heterocycles. The maximum absolute atomic E-state index is 11.8. The monoisotopic (exact) mass is 387 g/mol. The maximum atomic E-state index is 11.8. The number of carbonyl (C=O) groups is 1. The minimum Gasteiger partial charge on any atom is -0.493 e. The molecular weight excluding hydrogens is 358 g/mol. The van der Waals surface area contributed by atoms with E-state index in [9.17, 15) is 4.79 Å². The summed E-state index contributed by atoms with van der Waals surface area (Å²) in [7, 11) is 6.43. The number of carbonyl (C=O) groups excluding carboxylic acids is 1. The van der Waals surface area contributed by atoms with Crippen molar-refractivity contribution in [1.29, 1.82) is 0 Å². The minimum absolute atomic E-state index is 0.143. The number of amides is 1. The second kappa shape index (κ2) is 10.4. The first-order chi connectivity index (χ1) is 13.6. The van der Waals surface area contributed by atoms with Gasteiger partial charge in [0.2, 0.25) is 6.41 Å². The average molecular weight is 387 g/mol. The second-order valence-electron chi connectivity index (χ2n) is 6.37. The normalized spacial score (nSPS) is 11.5. The summed E-state index contributed by atoms with van der Waals surface area (Å²) >= 11 is 0. The van der Waals surface area contributed by atoms with Crippen molar-refractivity contribution in [3.63, 3.8) is 0 Å². The van der Waals surface area contributed by atoms with E-state index >= 15 is 0 Å². The SMILES string of the molecule is CCCN(C=O)C(Cc1ccc(OC)c(OC)c1)c1ccc(OC)c(OC)c1. The summed E-state index contributed by atoms with van der Waals surface area (Å²) in [6.07, 6.45) is 2.41. The summed E-state index contributed by atoms with van der Waals surface area (Å²) in [6.45, 7) is 2.72. The zero-order valence-corrected chi connectivity index (χ0v) is 17.2. The quantitative estimate of drug-likeness (QED) is 0.548. The number of rotatable bonds is 11. The van der Waals surface area contributed by atoms with Gasteiger partial charge in [0.05, 0.1) is 34.5 Å². The van der Waals surface area contributed by atoms with Crippen molar-refractivity contribution in [2.75, 3.05) is 35.0 Å². The summed E-state index contributed by atoms with van der Waals surface area (Å²) in [5.74, 6) is 2.64. The van der Waals surface area contributed by atoms with Crippen LogP contribution in [0.4, 0.5) is 0 Å². The second-order valence-corrected chi connectivity index (χ2v) is 6.37. The Morgan fingerprint density at radius 3 is 1.96 bits per heavy atom. The first kappa shape index (κ1) is 21.4. The number of nitrogens with zero attached hydrogens (tertiary/aromatic N) is 1. The summed E-state index contributed by atoms with van der Waals surface area (Å²) in [6, 6.07) is 11.4. The number of hydrogen-bond donors (Lipinski definition) is 0. The van der Waals surface area contributed by atoms with Crippen LogP contribution in [0.25, 0.3) is 0 Å². The van der Waals surface area contributed by atoms with E-state index in [1.807, 2.05) is 41.3 Å². The summed E-state index contributed by atoms with van der Waals surface area (Å²) < 4.78 is 21.5. The maximum Gasteiger partial charge on any atom is 0.210 e. The Morgan fingerprint density at radius 1 is 0.857 bits per heavy atom. The van der Waals surface area contributed by atoms with Gasteiger partial charge in [-0.2, -0.15) is 0 Å². The molecule has 152 valence electrons. The zero-order chi connectivity index (χ0) is 20.5. The van der Waals surface area contributed by atoms with Crippen LogP contribution in [0.3, 0.4) is 0 Å². The highest BCUT2D eigenvalue weighted by Crippen LogP contribution is 2.35. The Kier molecular flexibility index (Phi) is 7.99. The molecule has 2 aromatic carbocycles. The Hall–Kier alpha value is -2.89. The molecule has 28 heavy (non-hydrogen) atoms. The number of benzene rings is 2. The lowest BCUT2D eigenvalue weighted by atomic mass is 9.96. The zero-order valence-electron chi connectivity index (χ0n) is 17.2. The van der Waals surface area contributed by atoms with E-state index in [2.05, 4.69) is 6.92 Å². The van der Waals surface area contributed by atoms with Gasteiger partial charge in [-0.15, -0.1) is 0 Å². The van der Waals surface area contributed by atoms with Gasteiger partial charge >= 0.3 is 0 Å². The first-order valence-corrected chi connectivity index (χ1v) is 9.25. The third kappa shape index (κ3) is 4.88. The van der Waals surface area contributed by atoms with E-state index < -0.39 is 0 Å². The molecule has 6 heteroatoms. The van der Waals surface area contributed by atoms with Gasteiger partial charge in [0.25, 0.3) is 0 Å². The number of ether oxygens (including phenoxy) is 4. The van der Waals surface area contributed by atoms with Crippen molar-refractivity contribution >= 4 is 6.41 Å². The van der Waals surface area contributed by atoms with Gasteiger partial charge in [-0.25, -0.2) is 0 Å². The van der Waals surface area contributed by atoms with Crippen LogP contribution in [0.1, 0.15) is 30.5 Å². The van der Waals surface area contributed by atoms with Crippen LogP contribution in [-0.2, 0) is 11.2 Å². The van der Waals surface area contributed by atoms with Gasteiger partial charge in [0.15, 0.2) is 23.0 Å². The molecule has 0 N–H and O–H groups in total. The summed E-state index contributed by atoms with van der Waals surface area (Å²) in [4.78, 5) is 13.6. The van der Waals surface area contributed by atoms with E-state index in [-0.39, 0.29) is 6.04 Å². The highest BCUT2D eigenvalue weighted by molar-refractivity contribution is 5.51. The van der Waals surface area contributed by atoms with E-state index in [4.69, 9.17) is 18.9 Å². The van der Waals surface area contributed by atoms with Gasteiger partial charge < -0.3 is 23.8 Å². The first-order valence-electron chi connectivity index (χ1n) is 9.25. The van der Waals surface area contributed by atoms with E-state index in [1.165, 1.54) is 0 Å². The van der Waals surface area contributed by atoms with Crippen molar-refractivity contribution in [2.24, 2.45) is 0 Å². The Morgan fingerprint density at radius 2 is 1.43 bits per heavy atom. The van der Waals surface area contributed by atoms with Crippen LogP contribution in [0.2, 0.25) is 0 Å². The van der Waals surface area contributed by atoms with Gasteiger partial charge in [-0.1, -0.05) is 19.1 Å². The van der Waals surface area contributed by atoms with Crippen LogP contribution in [0.5, 0.6) is 23.0 Å². The molecule has 2 rings (SSSR count). The minimum atomic E-state index is -0.143. The Balaban J connectivity index is 2.44. The van der Waals surface area contributed by atoms with Crippen LogP contribution in [0.15, 0.2) is 36.4 Å². The highest BCUT2D eigenvalue weighted by atomic mass is 16.5. The van der Waals surface area contributed by atoms with Crippen LogP contribution in [0, 0.1) is 0 Å². The van der Waals surface area contributed by atoms with Crippen LogP contribution >= 0.6 is 0 Å². The van der Waals surface area contributed by atoms with Gasteiger partial charge in [0, 0.05) is 6.54 Å². The van der Waals surface area contributed by atoms with Crippen molar-refractivity contribution in [3.05, 3.63) is 47.5 Å². The molecule has 0 aromatic heterocycles. The molecule has 2 aromatic rings. The van der Waals surface area contributed by atoms with Crippen molar-refractivity contribution in [3.8, 4) is 23.0 Å². The Bertz CT molecular complexity index is 778. The summed E-state index contributed by atoms with van der Waals surface area (Å²) in [5, 5.41) is 0. The molecule has 0 spiro atoms. The lowest BCUT2D eigenvalue weighted by Gasteiger charge is -2.29. The molecule has 0 saturated carbocycles. The highest BCUT2D eigenvalue weighted by Gasteiger charge is 2.21. The third-order valence-corrected chi connectivity index (χ3v) is 4.69. The van der Waals surface area contributed by atoms with Gasteiger partial charge in [0.1, 0.15) is 0 Å². The summed E-state index contributed by atoms with van der Waals surface area (Å²) in [5.41, 5.74) is 2.02. The van der Waals surface area contributed by atoms with E-state index in [0.717, 1.165) is 24.0 Å². The fraction of sp³-hybridized carbons (Fsp3) is 0.409. The van der Waals surface area contributed by atoms with Crippen molar-refractivity contribution < 1.29 is 23.7 Å². The molecule has 0 aliphatic carbocycles. The molecule has 0 bridgehead atoms. The van der Waals surface area contributed by atoms with Crippen molar-refractivity contribution in [2.45, 2.75) is 25.8 Å². The van der Waals surface area contributed by atoms with Gasteiger partial charge in [-0.3, -0.25) is 4.79 Å². The fourth-order valence-corrected chi connectivity index (χ4v) is 3.26. The molecule has 0 fully saturated rings. The average Bonchev–Trinajstić information content (AvgIpc) is 2.75. The lowest BCUT2D eigenvalue weighted by Crippen LogP contribution is -2.30. The van der Waals surface area contributed by atoms with Crippen LogP contribution in [-0.4, -0.2) is 46.3 Å². The standard InChI is InChI=1S/C22H29NO5/c1-6-11-23(15-24)18(17-8-10-20(26-3)22(14-17)28-5)12-16-7-9-19(25-2)21(13-16)27-4/h7-10,13-15,18H,6,11-12H2,1-5H3. The fourth-order valence-electron chi connectivity index (χ4n) is 3.26. The molecule has 0 aliphatic heterocycles. The van der Waals surface area contributed by atoms with Crippen LogP contribution < -0.4 is 18.9 Å². The smallest absolute Gasteiger partial charge is 0.210 e. The number of methoxy groups -OCH3 is 4. The van der Waals surface area contributed by atoms with E-state index in [0.29, 0.717) is 36.0 Å². The Labute approximate surface area is 167 Å². The van der Waals surface area contributed by atoms with Crippen molar-refractivity contribution in [1.82, 2.24) is 4.90 Å². The number of hydrogen-bond acceptors (Lipinski definition) is 5. The predicted molar refractivity (Wildman–Crippen MR) is 109 cm³/mol. The van der Waals surface area contributed by atoms with E-state index in [1.54, 1.807) is 28.4 Å². The molecule has 0 radical (unpaired) electrons. The van der Waals surface area contributed by atoms with Gasteiger partial charge in [-0.05, 0) is 48.2 Å². The molecule has 1 unspecified atom stereocenters. The molecule has 6 nitrogen and oxygen atoms in total. The molecule has 0 saturated heterocycles. The lowest BCUT2D eigenvalue weighted by molar-refractivity contribution is -0.120. The molecule has 0 aliphatic rings. The third-order valence-electron chi connectivity index (χ3n) is 4.69. The molecular formula is C22H29NO5. The molecule has 1 amide bonds. The molecule has 1 atom stereocenters.